The van der Waals surface area contributed by atoms with Crippen molar-refractivity contribution in [1.82, 2.24) is 0 Å². The van der Waals surface area contributed by atoms with Crippen molar-refractivity contribution in [1.29, 1.82) is 0 Å². The van der Waals surface area contributed by atoms with Crippen LogP contribution < -0.4 is 0 Å². The molecule has 58 valence electrons. The number of hydrogen-bond donors (Lipinski definition) is 0. The van der Waals surface area contributed by atoms with Gasteiger partial charge in [-0.3, -0.25) is 4.79 Å². The lowest BCUT2D eigenvalue weighted by Gasteiger charge is -2.06. The first-order chi connectivity index (χ1) is 4.70. The highest BCUT2D eigenvalue weighted by Gasteiger charge is 2.01. The summed E-state index contributed by atoms with van der Waals surface area (Å²) in [4.78, 5) is 10.6. The first-order valence-electron chi connectivity index (χ1n) is 3.53. The number of carbonyl (C=O) groups is 1. The summed E-state index contributed by atoms with van der Waals surface area (Å²) in [6.45, 7) is 5.52. The monoisotopic (exact) mass is 142 g/mol. The summed E-state index contributed by atoms with van der Waals surface area (Å²) >= 11 is 0. The van der Waals surface area contributed by atoms with Gasteiger partial charge in [-0.25, -0.2) is 0 Å². The molecule has 0 saturated carbocycles. The molecule has 0 aliphatic carbocycles. The molecule has 0 aliphatic rings. The van der Waals surface area contributed by atoms with Gasteiger partial charge in [-0.05, 0) is 19.9 Å². The fraction of sp³-hybridized carbons (Fsp3) is 0.625. The zero-order valence-corrected chi connectivity index (χ0v) is 6.76. The summed E-state index contributed by atoms with van der Waals surface area (Å²) in [5.74, 6) is -0.148. The van der Waals surface area contributed by atoms with Gasteiger partial charge in [0.1, 0.15) is 6.10 Å². The molecule has 0 heterocycles. The van der Waals surface area contributed by atoms with E-state index in [2.05, 4.69) is 0 Å². The Labute approximate surface area is 61.9 Å². The standard InChI is InChI=1S/C8H14O2/c1-4-6-7(3)10-8(9)5-2/h4,6-7H,5H2,1-3H3/b6-4-. The number of rotatable bonds is 3. The van der Waals surface area contributed by atoms with Crippen LogP contribution in [0.25, 0.3) is 0 Å². The number of ether oxygens (including phenoxy) is 1. The third-order valence-corrected chi connectivity index (χ3v) is 1.07. The summed E-state index contributed by atoms with van der Waals surface area (Å²) in [7, 11) is 0. The topological polar surface area (TPSA) is 26.3 Å². The predicted molar refractivity (Wildman–Crippen MR) is 40.7 cm³/mol. The minimum absolute atomic E-state index is 0.0857. The van der Waals surface area contributed by atoms with Gasteiger partial charge < -0.3 is 4.74 Å². The molecule has 0 aromatic rings. The molecule has 1 atom stereocenters. The molecule has 1 unspecified atom stereocenters. The van der Waals surface area contributed by atoms with Crippen LogP contribution in [0.4, 0.5) is 0 Å². The van der Waals surface area contributed by atoms with Crippen LogP contribution in [0.3, 0.4) is 0 Å². The van der Waals surface area contributed by atoms with Gasteiger partial charge in [0.25, 0.3) is 0 Å². The highest BCUT2D eigenvalue weighted by molar-refractivity contribution is 5.69. The molecule has 0 bridgehead atoms. The van der Waals surface area contributed by atoms with E-state index in [-0.39, 0.29) is 12.1 Å². The first-order valence-corrected chi connectivity index (χ1v) is 3.53. The zero-order valence-electron chi connectivity index (χ0n) is 6.76. The molecule has 0 aromatic carbocycles. The van der Waals surface area contributed by atoms with E-state index in [0.29, 0.717) is 6.42 Å². The third-order valence-electron chi connectivity index (χ3n) is 1.07. The van der Waals surface area contributed by atoms with Crippen molar-refractivity contribution >= 4 is 5.97 Å². The van der Waals surface area contributed by atoms with E-state index in [0.717, 1.165) is 0 Å². The molecule has 0 rings (SSSR count). The van der Waals surface area contributed by atoms with Gasteiger partial charge in [0, 0.05) is 6.42 Å². The smallest absolute Gasteiger partial charge is 0.306 e. The van der Waals surface area contributed by atoms with Crippen LogP contribution in [0.5, 0.6) is 0 Å². The van der Waals surface area contributed by atoms with Crippen molar-refractivity contribution < 1.29 is 9.53 Å². The van der Waals surface area contributed by atoms with Crippen LogP contribution in [0, 0.1) is 0 Å². The van der Waals surface area contributed by atoms with Gasteiger partial charge in [-0.1, -0.05) is 13.0 Å². The van der Waals surface area contributed by atoms with Crippen LogP contribution in [0.15, 0.2) is 12.2 Å². The molecule has 0 aliphatic heterocycles. The van der Waals surface area contributed by atoms with Crippen molar-refractivity contribution in [2.45, 2.75) is 33.3 Å². The summed E-state index contributed by atoms with van der Waals surface area (Å²) in [6, 6.07) is 0. The Morgan fingerprint density at radius 1 is 1.70 bits per heavy atom. The van der Waals surface area contributed by atoms with Gasteiger partial charge in [-0.15, -0.1) is 0 Å². The van der Waals surface area contributed by atoms with Crippen molar-refractivity contribution in [3.63, 3.8) is 0 Å². The summed E-state index contributed by atoms with van der Waals surface area (Å²) in [5.41, 5.74) is 0. The maximum atomic E-state index is 10.6. The molecule has 0 saturated heterocycles. The normalized spacial score (nSPS) is 13.5. The van der Waals surface area contributed by atoms with Gasteiger partial charge in [0.15, 0.2) is 0 Å². The maximum Gasteiger partial charge on any atom is 0.306 e. The van der Waals surface area contributed by atoms with Crippen molar-refractivity contribution in [2.75, 3.05) is 0 Å². The van der Waals surface area contributed by atoms with Crippen molar-refractivity contribution in [3.05, 3.63) is 12.2 Å². The van der Waals surface area contributed by atoms with E-state index < -0.39 is 0 Å². The second-order valence-electron chi connectivity index (χ2n) is 2.07. The van der Waals surface area contributed by atoms with E-state index in [1.165, 1.54) is 0 Å². The Kier molecular flexibility index (Phi) is 4.63. The Bertz CT molecular complexity index is 127. The van der Waals surface area contributed by atoms with E-state index in [1.54, 1.807) is 6.92 Å². The van der Waals surface area contributed by atoms with Crippen molar-refractivity contribution in [3.8, 4) is 0 Å². The van der Waals surface area contributed by atoms with Gasteiger partial charge in [0.05, 0.1) is 0 Å². The average Bonchev–Trinajstić information content (AvgIpc) is 1.88. The molecular formula is C8H14O2. The number of hydrogen-bond acceptors (Lipinski definition) is 2. The average molecular weight is 142 g/mol. The van der Waals surface area contributed by atoms with E-state index in [1.807, 2.05) is 26.0 Å². The zero-order chi connectivity index (χ0) is 7.98. The van der Waals surface area contributed by atoms with Gasteiger partial charge >= 0.3 is 5.97 Å². The molecule has 2 nitrogen and oxygen atoms in total. The van der Waals surface area contributed by atoms with E-state index in [9.17, 15) is 4.79 Å². The Morgan fingerprint density at radius 3 is 2.70 bits per heavy atom. The van der Waals surface area contributed by atoms with Crippen LogP contribution >= 0.6 is 0 Å². The van der Waals surface area contributed by atoms with Crippen LogP contribution in [-0.4, -0.2) is 12.1 Å². The Morgan fingerprint density at radius 2 is 2.30 bits per heavy atom. The summed E-state index contributed by atoms with van der Waals surface area (Å²) in [6.07, 6.45) is 4.07. The number of carbonyl (C=O) groups excluding carboxylic acids is 1. The maximum absolute atomic E-state index is 10.6. The second kappa shape index (κ2) is 5.03. The Hall–Kier alpha value is -0.790. The molecule has 0 aromatic heterocycles. The van der Waals surface area contributed by atoms with Crippen LogP contribution in [0.2, 0.25) is 0 Å². The third kappa shape index (κ3) is 4.13. The minimum Gasteiger partial charge on any atom is -0.458 e. The summed E-state index contributed by atoms with van der Waals surface area (Å²) in [5, 5.41) is 0. The lowest BCUT2D eigenvalue weighted by molar-refractivity contribution is -0.145. The number of esters is 1. The lowest BCUT2D eigenvalue weighted by atomic mass is 10.3. The number of allylic oxidation sites excluding steroid dienone is 1. The Balaban J connectivity index is 3.57. The van der Waals surface area contributed by atoms with E-state index >= 15 is 0 Å². The highest BCUT2D eigenvalue weighted by Crippen LogP contribution is 1.95. The quantitative estimate of drug-likeness (QED) is 0.444. The van der Waals surface area contributed by atoms with Crippen molar-refractivity contribution in [2.24, 2.45) is 0 Å². The fourth-order valence-electron chi connectivity index (χ4n) is 0.601. The molecule has 0 fully saturated rings. The van der Waals surface area contributed by atoms with Crippen LogP contribution in [-0.2, 0) is 9.53 Å². The predicted octanol–water partition coefficient (Wildman–Crippen LogP) is 1.90. The van der Waals surface area contributed by atoms with Gasteiger partial charge in [0.2, 0.25) is 0 Å². The fourth-order valence-corrected chi connectivity index (χ4v) is 0.601. The largest absolute Gasteiger partial charge is 0.458 e. The van der Waals surface area contributed by atoms with Crippen LogP contribution in [0.1, 0.15) is 27.2 Å². The SMILES string of the molecule is C/C=C\C(C)OC(=O)CC. The molecule has 2 heteroatoms. The first kappa shape index (κ1) is 9.21. The molecular weight excluding hydrogens is 128 g/mol. The lowest BCUT2D eigenvalue weighted by Crippen LogP contribution is -2.10. The molecule has 0 amide bonds. The molecule has 0 N–H and O–H groups in total. The molecule has 0 radical (unpaired) electrons. The molecule has 10 heavy (non-hydrogen) atoms. The minimum atomic E-state index is -0.148. The second-order valence-corrected chi connectivity index (χ2v) is 2.07. The van der Waals surface area contributed by atoms with Gasteiger partial charge in [-0.2, -0.15) is 0 Å². The molecule has 0 spiro atoms. The summed E-state index contributed by atoms with van der Waals surface area (Å²) < 4.78 is 4.91. The highest BCUT2D eigenvalue weighted by atomic mass is 16.5. The van der Waals surface area contributed by atoms with E-state index in [4.69, 9.17) is 4.74 Å².